The van der Waals surface area contributed by atoms with Gasteiger partial charge in [0.25, 0.3) is 0 Å². The van der Waals surface area contributed by atoms with Crippen LogP contribution in [0.25, 0.3) is 0 Å². The van der Waals surface area contributed by atoms with Crippen LogP contribution in [0.4, 0.5) is 0 Å². The second-order valence-corrected chi connectivity index (χ2v) is 0.542. The molecule has 0 unspecified atom stereocenters. The molecule has 0 rings (SSSR count). The molecular formula is C3H6BaO2. The van der Waals surface area contributed by atoms with Gasteiger partial charge in [-0.2, -0.15) is 0 Å². The van der Waals surface area contributed by atoms with Gasteiger partial charge in [0.15, 0.2) is 0 Å². The van der Waals surface area contributed by atoms with Crippen LogP contribution in [0.1, 0.15) is 0 Å². The van der Waals surface area contributed by atoms with Crippen LogP contribution in [-0.4, -0.2) is 60.0 Å². The van der Waals surface area contributed by atoms with E-state index in [-0.39, 0.29) is 48.9 Å². The molecule has 0 aromatic rings. The topological polar surface area (TPSA) is 37.3 Å². The van der Waals surface area contributed by atoms with Crippen molar-refractivity contribution in [2.75, 3.05) is 0 Å². The molecular weight excluding hydrogens is 205 g/mol. The number of carboxylic acid groups (broad SMARTS) is 1. The zero-order valence-electron chi connectivity index (χ0n) is 2.64. The molecule has 0 heterocycles. The zero-order chi connectivity index (χ0) is 4.28. The van der Waals surface area contributed by atoms with E-state index in [0.717, 1.165) is 6.08 Å². The van der Waals surface area contributed by atoms with Gasteiger partial charge in [-0.05, 0) is 0 Å². The van der Waals surface area contributed by atoms with Gasteiger partial charge in [0.2, 0.25) is 0 Å². The first-order valence-corrected chi connectivity index (χ1v) is 1.12. The fourth-order valence-electron chi connectivity index (χ4n) is 0. The molecule has 0 aliphatic carbocycles. The van der Waals surface area contributed by atoms with Crippen LogP contribution in [-0.2, 0) is 4.79 Å². The van der Waals surface area contributed by atoms with Crippen LogP contribution in [0.5, 0.6) is 0 Å². The number of rotatable bonds is 1. The fraction of sp³-hybridized carbons (Fsp3) is 0. The molecule has 2 nitrogen and oxygen atoms in total. The minimum atomic E-state index is -0.981. The quantitative estimate of drug-likeness (QED) is 0.462. The SMILES string of the molecule is C=CC(=O)O.[BaH2]. The molecule has 32 valence electrons. The van der Waals surface area contributed by atoms with E-state index in [9.17, 15) is 4.79 Å². The normalized spacial score (nSPS) is 5.33. The summed E-state index contributed by atoms with van der Waals surface area (Å²) in [4.78, 5) is 9.25. The predicted octanol–water partition coefficient (Wildman–Crippen LogP) is -0.659. The molecule has 0 aromatic carbocycles. The summed E-state index contributed by atoms with van der Waals surface area (Å²) < 4.78 is 0. The van der Waals surface area contributed by atoms with Crippen molar-refractivity contribution in [2.24, 2.45) is 0 Å². The summed E-state index contributed by atoms with van der Waals surface area (Å²) in [6.45, 7) is 2.96. The van der Waals surface area contributed by atoms with E-state index in [1.54, 1.807) is 0 Å². The van der Waals surface area contributed by atoms with Crippen LogP contribution < -0.4 is 0 Å². The Balaban J connectivity index is 0. The van der Waals surface area contributed by atoms with Gasteiger partial charge in [-0.3, -0.25) is 0 Å². The van der Waals surface area contributed by atoms with Gasteiger partial charge in [0.05, 0.1) is 0 Å². The van der Waals surface area contributed by atoms with Crippen molar-refractivity contribution < 1.29 is 9.90 Å². The molecule has 0 aliphatic rings. The molecule has 0 radical (unpaired) electrons. The van der Waals surface area contributed by atoms with E-state index >= 15 is 0 Å². The van der Waals surface area contributed by atoms with Gasteiger partial charge in [-0.1, -0.05) is 6.58 Å². The molecule has 0 spiro atoms. The number of carboxylic acids is 1. The Morgan fingerprint density at radius 2 is 2.00 bits per heavy atom. The number of carbonyl (C=O) groups is 1. The van der Waals surface area contributed by atoms with Gasteiger partial charge in [0, 0.05) is 6.08 Å². The van der Waals surface area contributed by atoms with Crippen molar-refractivity contribution in [3.05, 3.63) is 12.7 Å². The van der Waals surface area contributed by atoms with Gasteiger partial charge in [0.1, 0.15) is 0 Å². The molecule has 6 heavy (non-hydrogen) atoms. The van der Waals surface area contributed by atoms with E-state index in [0.29, 0.717) is 0 Å². The Morgan fingerprint density at radius 3 is 2.00 bits per heavy atom. The Kier molecular flexibility index (Phi) is 9.55. The molecule has 0 atom stereocenters. The molecule has 0 saturated heterocycles. The number of hydrogen-bond acceptors (Lipinski definition) is 1. The van der Waals surface area contributed by atoms with Crippen molar-refractivity contribution in [3.8, 4) is 0 Å². The average Bonchev–Trinajstić information content (AvgIpc) is 1.38. The second-order valence-electron chi connectivity index (χ2n) is 0.542. The maximum atomic E-state index is 9.25. The third-order valence-corrected chi connectivity index (χ3v) is 0.175. The molecule has 0 fully saturated rings. The monoisotopic (exact) mass is 212 g/mol. The third-order valence-electron chi connectivity index (χ3n) is 0.175. The summed E-state index contributed by atoms with van der Waals surface area (Å²) in [7, 11) is 0. The molecule has 1 N–H and O–H groups in total. The standard InChI is InChI=1S/C3H4O2.Ba.2H/c1-2-3(4)5;;;/h2H,1H2,(H,4,5);;;. The Labute approximate surface area is 76.3 Å². The Hall–Kier alpha value is 0.781. The molecule has 0 amide bonds. The van der Waals surface area contributed by atoms with Crippen molar-refractivity contribution in [2.45, 2.75) is 0 Å². The first-order chi connectivity index (χ1) is 2.27. The van der Waals surface area contributed by atoms with E-state index in [1.807, 2.05) is 0 Å². The summed E-state index contributed by atoms with van der Waals surface area (Å²) in [6, 6.07) is 0. The van der Waals surface area contributed by atoms with Gasteiger partial charge in [-0.25, -0.2) is 4.79 Å². The molecule has 0 aromatic heterocycles. The van der Waals surface area contributed by atoms with Crippen molar-refractivity contribution in [1.29, 1.82) is 0 Å². The van der Waals surface area contributed by atoms with Gasteiger partial charge >= 0.3 is 54.9 Å². The van der Waals surface area contributed by atoms with Gasteiger partial charge < -0.3 is 5.11 Å². The Bertz CT molecular complexity index is 59.8. The number of hydrogen-bond donors (Lipinski definition) is 1. The van der Waals surface area contributed by atoms with Gasteiger partial charge in [-0.15, -0.1) is 0 Å². The summed E-state index contributed by atoms with van der Waals surface area (Å²) in [5.74, 6) is -0.981. The van der Waals surface area contributed by atoms with E-state index in [4.69, 9.17) is 5.11 Å². The van der Waals surface area contributed by atoms with E-state index in [2.05, 4.69) is 6.58 Å². The average molecular weight is 211 g/mol. The van der Waals surface area contributed by atoms with Crippen molar-refractivity contribution in [1.82, 2.24) is 0 Å². The fourth-order valence-corrected chi connectivity index (χ4v) is 0. The molecule has 0 aliphatic heterocycles. The van der Waals surface area contributed by atoms with Crippen molar-refractivity contribution >= 4 is 54.9 Å². The predicted molar refractivity (Wildman–Crippen MR) is 26.4 cm³/mol. The van der Waals surface area contributed by atoms with Crippen molar-refractivity contribution in [3.63, 3.8) is 0 Å². The molecule has 0 saturated carbocycles. The molecule has 3 heteroatoms. The maximum absolute atomic E-state index is 9.25. The summed E-state index contributed by atoms with van der Waals surface area (Å²) in [6.07, 6.45) is 0.833. The van der Waals surface area contributed by atoms with E-state index < -0.39 is 5.97 Å². The summed E-state index contributed by atoms with van der Waals surface area (Å²) in [5, 5.41) is 7.60. The summed E-state index contributed by atoms with van der Waals surface area (Å²) in [5.41, 5.74) is 0. The minimum absolute atomic E-state index is 0. The van der Waals surface area contributed by atoms with Crippen LogP contribution in [0.15, 0.2) is 12.7 Å². The first kappa shape index (κ1) is 9.91. The first-order valence-electron chi connectivity index (χ1n) is 1.12. The molecule has 0 bridgehead atoms. The van der Waals surface area contributed by atoms with Crippen LogP contribution >= 0.6 is 0 Å². The second kappa shape index (κ2) is 5.78. The number of aliphatic carboxylic acids is 1. The van der Waals surface area contributed by atoms with Crippen LogP contribution in [0, 0.1) is 0 Å². The Morgan fingerprint density at radius 1 is 1.83 bits per heavy atom. The summed E-state index contributed by atoms with van der Waals surface area (Å²) >= 11 is 0. The van der Waals surface area contributed by atoms with Crippen LogP contribution in [0.3, 0.4) is 0 Å². The third kappa shape index (κ3) is 8.84. The van der Waals surface area contributed by atoms with Crippen LogP contribution in [0.2, 0.25) is 0 Å². The zero-order valence-corrected chi connectivity index (χ0v) is 2.64. The van der Waals surface area contributed by atoms with E-state index in [1.165, 1.54) is 0 Å².